The lowest BCUT2D eigenvalue weighted by molar-refractivity contribution is -0.142. The number of hydrogen-bond acceptors (Lipinski definition) is 3. The Bertz CT molecular complexity index is 397. The molecule has 1 unspecified atom stereocenters. The van der Waals surface area contributed by atoms with Crippen molar-refractivity contribution in [1.29, 1.82) is 0 Å². The van der Waals surface area contributed by atoms with Crippen LogP contribution < -0.4 is 5.32 Å². The summed E-state index contributed by atoms with van der Waals surface area (Å²) in [5, 5.41) is 22.1. The monoisotopic (exact) mass is 298 g/mol. The van der Waals surface area contributed by atoms with Gasteiger partial charge in [-0.2, -0.15) is 0 Å². The van der Waals surface area contributed by atoms with E-state index in [9.17, 15) is 14.7 Å². The molecule has 0 bridgehead atoms. The number of urea groups is 1. The molecule has 2 amide bonds. The molecule has 2 rings (SSSR count). The lowest BCUT2D eigenvalue weighted by Crippen LogP contribution is -2.53. The van der Waals surface area contributed by atoms with Crippen molar-refractivity contribution in [2.45, 2.75) is 70.1 Å². The summed E-state index contributed by atoms with van der Waals surface area (Å²) in [6.07, 6.45) is 4.40. The first-order valence-corrected chi connectivity index (χ1v) is 7.81. The van der Waals surface area contributed by atoms with Gasteiger partial charge >= 0.3 is 12.0 Å². The molecule has 6 heteroatoms. The maximum absolute atomic E-state index is 12.4. The molecule has 2 fully saturated rings. The zero-order valence-electron chi connectivity index (χ0n) is 12.8. The first kappa shape index (κ1) is 16.1. The highest BCUT2D eigenvalue weighted by Crippen LogP contribution is 2.28. The van der Waals surface area contributed by atoms with E-state index < -0.39 is 11.6 Å². The summed E-state index contributed by atoms with van der Waals surface area (Å²) in [6.45, 7) is 4.15. The van der Waals surface area contributed by atoms with Crippen LogP contribution in [0.5, 0.6) is 0 Å². The van der Waals surface area contributed by atoms with E-state index in [1.807, 2.05) is 0 Å². The van der Waals surface area contributed by atoms with E-state index in [0.717, 1.165) is 12.8 Å². The summed E-state index contributed by atoms with van der Waals surface area (Å²) >= 11 is 0. The predicted molar refractivity (Wildman–Crippen MR) is 77.9 cm³/mol. The Morgan fingerprint density at radius 3 is 2.29 bits per heavy atom. The summed E-state index contributed by atoms with van der Waals surface area (Å²) in [7, 11) is 0. The number of carboxylic acid groups (broad SMARTS) is 1. The summed E-state index contributed by atoms with van der Waals surface area (Å²) in [5.41, 5.74) is -0.894. The van der Waals surface area contributed by atoms with Crippen molar-refractivity contribution in [2.24, 2.45) is 5.92 Å². The van der Waals surface area contributed by atoms with Gasteiger partial charge in [-0.05, 0) is 52.4 Å². The van der Waals surface area contributed by atoms with E-state index in [1.54, 1.807) is 18.7 Å². The van der Waals surface area contributed by atoms with Crippen LogP contribution in [0, 0.1) is 5.92 Å². The Hall–Kier alpha value is -1.30. The van der Waals surface area contributed by atoms with Crippen LogP contribution in [0.3, 0.4) is 0 Å². The zero-order valence-corrected chi connectivity index (χ0v) is 12.8. The van der Waals surface area contributed by atoms with Crippen molar-refractivity contribution < 1.29 is 19.8 Å². The minimum atomic E-state index is -0.894. The molecule has 2 aliphatic rings. The third-order valence-electron chi connectivity index (χ3n) is 4.73. The number of likely N-dealkylation sites (tertiary alicyclic amines) is 1. The van der Waals surface area contributed by atoms with Crippen molar-refractivity contribution in [1.82, 2.24) is 10.2 Å². The fourth-order valence-electron chi connectivity index (χ4n) is 3.49. The normalized spacial score (nSPS) is 30.2. The molecule has 0 spiro atoms. The second kappa shape index (κ2) is 6.22. The molecule has 0 aromatic heterocycles. The van der Waals surface area contributed by atoms with Crippen molar-refractivity contribution in [3.8, 4) is 0 Å². The van der Waals surface area contributed by atoms with Crippen LogP contribution >= 0.6 is 0 Å². The molecule has 0 aromatic rings. The van der Waals surface area contributed by atoms with Gasteiger partial charge in [0.05, 0.1) is 17.6 Å². The molecule has 1 aliphatic heterocycles. The number of amides is 2. The molecule has 6 nitrogen and oxygen atoms in total. The van der Waals surface area contributed by atoms with E-state index in [0.29, 0.717) is 32.2 Å². The van der Waals surface area contributed by atoms with Gasteiger partial charge in [0, 0.05) is 12.6 Å². The number of nitrogens with one attached hydrogen (secondary N) is 1. The van der Waals surface area contributed by atoms with Crippen LogP contribution in [-0.4, -0.2) is 51.3 Å². The minimum Gasteiger partial charge on any atom is -0.481 e. The van der Waals surface area contributed by atoms with Crippen molar-refractivity contribution >= 4 is 12.0 Å². The van der Waals surface area contributed by atoms with Crippen LogP contribution in [0.25, 0.3) is 0 Å². The Morgan fingerprint density at radius 2 is 1.76 bits per heavy atom. The molecule has 120 valence electrons. The van der Waals surface area contributed by atoms with Crippen LogP contribution in [0.15, 0.2) is 0 Å². The maximum atomic E-state index is 12.4. The number of nitrogens with zero attached hydrogens (tertiary/aromatic N) is 1. The highest BCUT2D eigenvalue weighted by molar-refractivity contribution is 5.75. The van der Waals surface area contributed by atoms with Crippen LogP contribution in [0.1, 0.15) is 52.4 Å². The Kier molecular flexibility index (Phi) is 4.76. The van der Waals surface area contributed by atoms with Crippen LogP contribution in [-0.2, 0) is 4.79 Å². The summed E-state index contributed by atoms with van der Waals surface area (Å²) < 4.78 is 0. The van der Waals surface area contributed by atoms with Gasteiger partial charge in [-0.1, -0.05) is 0 Å². The fourth-order valence-corrected chi connectivity index (χ4v) is 3.49. The average molecular weight is 298 g/mol. The summed E-state index contributed by atoms with van der Waals surface area (Å²) in [6, 6.07) is -0.220. The molecule has 1 atom stereocenters. The zero-order chi connectivity index (χ0) is 15.6. The molecule has 0 radical (unpaired) electrons. The largest absolute Gasteiger partial charge is 0.481 e. The number of carbonyl (C=O) groups is 2. The first-order chi connectivity index (χ1) is 9.79. The number of aliphatic hydroxyl groups is 1. The van der Waals surface area contributed by atoms with E-state index in [-0.39, 0.29) is 24.0 Å². The quantitative estimate of drug-likeness (QED) is 0.738. The van der Waals surface area contributed by atoms with Crippen LogP contribution in [0.4, 0.5) is 4.79 Å². The highest BCUT2D eigenvalue weighted by atomic mass is 16.4. The van der Waals surface area contributed by atoms with Gasteiger partial charge in [-0.25, -0.2) is 4.79 Å². The topological polar surface area (TPSA) is 89.9 Å². The van der Waals surface area contributed by atoms with Crippen molar-refractivity contribution in [3.63, 3.8) is 0 Å². The summed E-state index contributed by atoms with van der Waals surface area (Å²) in [5.74, 6) is -1.00. The van der Waals surface area contributed by atoms with Crippen molar-refractivity contribution in [2.75, 3.05) is 6.54 Å². The number of carboxylic acids is 1. The lowest BCUT2D eigenvalue weighted by atomic mass is 9.86. The SMILES string of the molecule is CC(C)(O)C1CCCN1C(=O)NC1CCC(C(=O)O)CC1. The summed E-state index contributed by atoms with van der Waals surface area (Å²) in [4.78, 5) is 25.0. The Morgan fingerprint density at radius 1 is 1.14 bits per heavy atom. The maximum Gasteiger partial charge on any atom is 0.317 e. The highest BCUT2D eigenvalue weighted by Gasteiger charge is 2.39. The Balaban J connectivity index is 1.86. The van der Waals surface area contributed by atoms with E-state index in [4.69, 9.17) is 5.11 Å². The van der Waals surface area contributed by atoms with Crippen LogP contribution in [0.2, 0.25) is 0 Å². The van der Waals surface area contributed by atoms with Gasteiger partial charge in [-0.3, -0.25) is 4.79 Å². The minimum absolute atomic E-state index is 0.0520. The van der Waals surface area contributed by atoms with Crippen molar-refractivity contribution in [3.05, 3.63) is 0 Å². The van der Waals surface area contributed by atoms with E-state index in [2.05, 4.69) is 5.32 Å². The standard InChI is InChI=1S/C15H26N2O4/c1-15(2,21)12-4-3-9-17(12)14(20)16-11-7-5-10(6-8-11)13(18)19/h10-12,21H,3-9H2,1-2H3,(H,16,20)(H,18,19). The van der Waals surface area contributed by atoms with Gasteiger partial charge in [0.2, 0.25) is 0 Å². The molecular formula is C15H26N2O4. The van der Waals surface area contributed by atoms with Gasteiger partial charge < -0.3 is 20.4 Å². The predicted octanol–water partition coefficient (Wildman–Crippen LogP) is 1.57. The van der Waals surface area contributed by atoms with Gasteiger partial charge in [-0.15, -0.1) is 0 Å². The molecule has 21 heavy (non-hydrogen) atoms. The van der Waals surface area contributed by atoms with Gasteiger partial charge in [0.15, 0.2) is 0 Å². The number of hydrogen-bond donors (Lipinski definition) is 3. The smallest absolute Gasteiger partial charge is 0.317 e. The Labute approximate surface area is 125 Å². The van der Waals surface area contributed by atoms with E-state index >= 15 is 0 Å². The van der Waals surface area contributed by atoms with E-state index in [1.165, 1.54) is 0 Å². The number of aliphatic carboxylic acids is 1. The number of rotatable bonds is 3. The lowest BCUT2D eigenvalue weighted by Gasteiger charge is -2.35. The number of carbonyl (C=O) groups excluding carboxylic acids is 1. The fraction of sp³-hybridized carbons (Fsp3) is 0.867. The molecule has 1 aliphatic carbocycles. The molecule has 3 N–H and O–H groups in total. The molecule has 1 heterocycles. The van der Waals surface area contributed by atoms with Gasteiger partial charge in [0.1, 0.15) is 0 Å². The first-order valence-electron chi connectivity index (χ1n) is 7.81. The molecule has 1 saturated heterocycles. The third-order valence-corrected chi connectivity index (χ3v) is 4.73. The third kappa shape index (κ3) is 3.87. The second-order valence-corrected chi connectivity index (χ2v) is 6.84. The molecule has 1 saturated carbocycles. The average Bonchev–Trinajstić information content (AvgIpc) is 2.88. The van der Waals surface area contributed by atoms with Gasteiger partial charge in [0.25, 0.3) is 0 Å². The molecular weight excluding hydrogens is 272 g/mol. The second-order valence-electron chi connectivity index (χ2n) is 6.84. The molecule has 0 aromatic carbocycles.